The zero-order valence-corrected chi connectivity index (χ0v) is 17.9. The number of likely N-dealkylation sites (tertiary alicyclic amines) is 1. The molecule has 6 rings (SSSR count). The molecule has 4 fully saturated rings. The maximum absolute atomic E-state index is 13.5. The zero-order valence-electron chi connectivity index (χ0n) is 17.9. The lowest BCUT2D eigenvalue weighted by molar-refractivity contribution is -0.142. The van der Waals surface area contributed by atoms with Crippen LogP contribution in [0.5, 0.6) is 0 Å². The number of benzene rings is 1. The summed E-state index contributed by atoms with van der Waals surface area (Å²) in [7, 11) is 0. The van der Waals surface area contributed by atoms with E-state index in [-0.39, 0.29) is 47.6 Å². The number of rotatable bonds is 4. The third-order valence-electron chi connectivity index (χ3n) is 7.51. The number of hydrogen-bond donors (Lipinski definition) is 0. The second-order valence-electron chi connectivity index (χ2n) is 9.46. The molecule has 2 aromatic rings. The fourth-order valence-corrected chi connectivity index (χ4v) is 5.90. The van der Waals surface area contributed by atoms with Gasteiger partial charge in [-0.05, 0) is 62.1 Å². The van der Waals surface area contributed by atoms with Crippen LogP contribution >= 0.6 is 0 Å². The van der Waals surface area contributed by atoms with Crippen LogP contribution in [0, 0.1) is 17.7 Å². The second-order valence-corrected chi connectivity index (χ2v) is 9.46. The molecule has 6 heteroatoms. The maximum Gasteiger partial charge on any atom is 0.235 e. The van der Waals surface area contributed by atoms with Crippen LogP contribution in [0.1, 0.15) is 37.8 Å². The largest absolute Gasteiger partial charge is 0.292 e. The summed E-state index contributed by atoms with van der Waals surface area (Å²) in [6, 6.07) is 10.6. The Morgan fingerprint density at radius 1 is 0.969 bits per heavy atom. The molecule has 2 amide bonds. The van der Waals surface area contributed by atoms with Gasteiger partial charge in [-0.2, -0.15) is 0 Å². The zero-order chi connectivity index (χ0) is 21.8. The summed E-state index contributed by atoms with van der Waals surface area (Å²) in [5.41, 5.74) is 2.44. The highest BCUT2D eigenvalue weighted by atomic mass is 19.1. The number of carbonyl (C=O) groups excluding carboxylic acids is 2. The van der Waals surface area contributed by atoms with Crippen molar-refractivity contribution in [3.8, 4) is 11.1 Å². The van der Waals surface area contributed by atoms with Crippen LogP contribution in [0.2, 0.25) is 0 Å². The average molecular weight is 432 g/mol. The number of aromatic nitrogens is 1. The number of pyridine rings is 1. The van der Waals surface area contributed by atoms with Gasteiger partial charge in [-0.1, -0.05) is 30.7 Å². The standard InChI is InChI=1S/C26H26FN3O2/c27-18-5-3-4-16(14-18)17-7-8-19(28-15-17)9-12-22-24-23(21-6-1-2-13-29(21)22)25(31)30(26(24)32)20-10-11-20/h3-5,7-9,12,14-15,20-24H,1-2,6,10-11,13H2. The van der Waals surface area contributed by atoms with Crippen molar-refractivity contribution in [3.05, 3.63) is 60.2 Å². The van der Waals surface area contributed by atoms with Crippen LogP contribution in [-0.2, 0) is 9.59 Å². The fraction of sp³-hybridized carbons (Fsp3) is 0.423. The topological polar surface area (TPSA) is 53.5 Å². The Morgan fingerprint density at radius 2 is 1.81 bits per heavy atom. The summed E-state index contributed by atoms with van der Waals surface area (Å²) in [5.74, 6) is -0.640. The van der Waals surface area contributed by atoms with E-state index in [9.17, 15) is 14.0 Å². The summed E-state index contributed by atoms with van der Waals surface area (Å²) in [6.45, 7) is 0.933. The van der Waals surface area contributed by atoms with E-state index in [1.807, 2.05) is 24.3 Å². The van der Waals surface area contributed by atoms with Gasteiger partial charge in [-0.25, -0.2) is 4.39 Å². The second kappa shape index (κ2) is 7.62. The summed E-state index contributed by atoms with van der Waals surface area (Å²) < 4.78 is 13.5. The van der Waals surface area contributed by atoms with Crippen molar-refractivity contribution in [1.29, 1.82) is 0 Å². The predicted molar refractivity (Wildman–Crippen MR) is 119 cm³/mol. The molecule has 5 nitrogen and oxygen atoms in total. The van der Waals surface area contributed by atoms with Crippen molar-refractivity contribution in [2.45, 2.75) is 50.2 Å². The number of carbonyl (C=O) groups is 2. The van der Waals surface area contributed by atoms with E-state index in [0.29, 0.717) is 0 Å². The molecule has 0 N–H and O–H groups in total. The van der Waals surface area contributed by atoms with Crippen LogP contribution in [-0.4, -0.2) is 51.3 Å². The van der Waals surface area contributed by atoms with Gasteiger partial charge in [-0.15, -0.1) is 0 Å². The number of amides is 2. The molecule has 4 heterocycles. The van der Waals surface area contributed by atoms with Crippen LogP contribution in [0.4, 0.5) is 4.39 Å². The van der Waals surface area contributed by atoms with Gasteiger partial charge in [0.25, 0.3) is 0 Å². The molecule has 1 saturated carbocycles. The fourth-order valence-electron chi connectivity index (χ4n) is 5.90. The van der Waals surface area contributed by atoms with Crippen molar-refractivity contribution >= 4 is 17.9 Å². The Labute approximate surface area is 186 Å². The van der Waals surface area contributed by atoms with Crippen LogP contribution in [0.25, 0.3) is 17.2 Å². The molecule has 32 heavy (non-hydrogen) atoms. The maximum atomic E-state index is 13.5. The van der Waals surface area contributed by atoms with E-state index >= 15 is 0 Å². The minimum Gasteiger partial charge on any atom is -0.292 e. The minimum atomic E-state index is -0.269. The summed E-state index contributed by atoms with van der Waals surface area (Å²) in [4.78, 5) is 34.9. The summed E-state index contributed by atoms with van der Waals surface area (Å²) in [6.07, 6.45) is 10.9. The highest BCUT2D eigenvalue weighted by Gasteiger charge is 2.63. The number of fused-ring (bicyclic) bond motifs is 3. The first-order chi connectivity index (χ1) is 15.6. The monoisotopic (exact) mass is 431 g/mol. The van der Waals surface area contributed by atoms with Crippen molar-refractivity contribution in [2.24, 2.45) is 11.8 Å². The number of nitrogens with zero attached hydrogens (tertiary/aromatic N) is 3. The number of halogens is 1. The molecule has 4 unspecified atom stereocenters. The number of hydrogen-bond acceptors (Lipinski definition) is 4. The van der Waals surface area contributed by atoms with Crippen LogP contribution in [0.3, 0.4) is 0 Å². The molecule has 3 aliphatic heterocycles. The van der Waals surface area contributed by atoms with Gasteiger partial charge >= 0.3 is 0 Å². The van der Waals surface area contributed by atoms with Crippen molar-refractivity contribution in [2.75, 3.05) is 6.54 Å². The van der Waals surface area contributed by atoms with E-state index in [0.717, 1.165) is 55.5 Å². The first-order valence-corrected chi connectivity index (χ1v) is 11.6. The van der Waals surface area contributed by atoms with E-state index < -0.39 is 0 Å². The normalized spacial score (nSPS) is 30.2. The first-order valence-electron chi connectivity index (χ1n) is 11.6. The molecule has 1 aromatic carbocycles. The lowest BCUT2D eigenvalue weighted by Crippen LogP contribution is -2.46. The summed E-state index contributed by atoms with van der Waals surface area (Å²) >= 11 is 0. The van der Waals surface area contributed by atoms with Gasteiger partial charge in [0.1, 0.15) is 5.82 Å². The quantitative estimate of drug-likeness (QED) is 0.689. The van der Waals surface area contributed by atoms with Crippen molar-refractivity contribution < 1.29 is 14.0 Å². The Kier molecular flexibility index (Phi) is 4.72. The molecular weight excluding hydrogens is 405 g/mol. The SMILES string of the molecule is O=C1C2C(C(=O)N1C1CC1)C1CCCCN1C2C=Cc1ccc(-c2cccc(F)c2)cn1. The third kappa shape index (κ3) is 3.20. The average Bonchev–Trinajstić information content (AvgIpc) is 3.53. The van der Waals surface area contributed by atoms with E-state index in [2.05, 4.69) is 16.0 Å². The Bertz CT molecular complexity index is 1090. The van der Waals surface area contributed by atoms with Gasteiger partial charge in [0.05, 0.1) is 17.5 Å². The molecule has 164 valence electrons. The predicted octanol–water partition coefficient (Wildman–Crippen LogP) is 3.90. The molecule has 3 saturated heterocycles. The lowest BCUT2D eigenvalue weighted by atomic mass is 9.87. The van der Waals surface area contributed by atoms with E-state index in [1.54, 1.807) is 17.2 Å². The van der Waals surface area contributed by atoms with Gasteiger partial charge < -0.3 is 0 Å². The highest BCUT2D eigenvalue weighted by Crippen LogP contribution is 2.48. The van der Waals surface area contributed by atoms with Gasteiger partial charge in [0.15, 0.2) is 0 Å². The van der Waals surface area contributed by atoms with Gasteiger partial charge in [0.2, 0.25) is 11.8 Å². The van der Waals surface area contributed by atoms with Crippen molar-refractivity contribution in [3.63, 3.8) is 0 Å². The lowest BCUT2D eigenvalue weighted by Gasteiger charge is -2.35. The molecule has 0 radical (unpaired) electrons. The number of imide groups is 1. The Balaban J connectivity index is 1.27. The molecule has 4 aliphatic rings. The van der Waals surface area contributed by atoms with Gasteiger partial charge in [0, 0.05) is 29.9 Å². The van der Waals surface area contributed by atoms with Crippen LogP contribution in [0.15, 0.2) is 48.7 Å². The van der Waals surface area contributed by atoms with E-state index in [4.69, 9.17) is 0 Å². The van der Waals surface area contributed by atoms with Gasteiger partial charge in [-0.3, -0.25) is 24.4 Å². The minimum absolute atomic E-state index is 0.0287. The molecule has 4 atom stereocenters. The number of piperidine rings is 1. The molecule has 0 spiro atoms. The van der Waals surface area contributed by atoms with E-state index in [1.165, 1.54) is 12.1 Å². The van der Waals surface area contributed by atoms with Crippen molar-refractivity contribution in [1.82, 2.24) is 14.8 Å². The molecule has 0 bridgehead atoms. The highest BCUT2D eigenvalue weighted by molar-refractivity contribution is 6.07. The molecule has 1 aliphatic carbocycles. The Morgan fingerprint density at radius 3 is 2.56 bits per heavy atom. The first kappa shape index (κ1) is 19.8. The third-order valence-corrected chi connectivity index (χ3v) is 7.51. The Hall–Kier alpha value is -2.86. The molecular formula is C26H26FN3O2. The van der Waals surface area contributed by atoms with Crippen LogP contribution < -0.4 is 0 Å². The molecule has 1 aromatic heterocycles. The summed E-state index contributed by atoms with van der Waals surface area (Å²) in [5, 5.41) is 0. The smallest absolute Gasteiger partial charge is 0.235 e.